The van der Waals surface area contributed by atoms with E-state index in [1.165, 1.54) is 5.56 Å². The van der Waals surface area contributed by atoms with Gasteiger partial charge in [-0.3, -0.25) is 0 Å². The Balaban J connectivity index is 2.26. The molecule has 0 saturated carbocycles. The SMILES string of the molecule is CCc1nc(Cc2ccccc2)sc1C(N)=S. The highest BCUT2D eigenvalue weighted by atomic mass is 32.1. The normalized spacial score (nSPS) is 10.4. The molecule has 0 aliphatic rings. The first-order valence-electron chi connectivity index (χ1n) is 5.53. The predicted octanol–water partition coefficient (Wildman–Crippen LogP) is 2.93. The van der Waals surface area contributed by atoms with Gasteiger partial charge >= 0.3 is 0 Å². The molecule has 0 atom stereocenters. The van der Waals surface area contributed by atoms with Crippen LogP contribution >= 0.6 is 23.6 Å². The van der Waals surface area contributed by atoms with Crippen molar-refractivity contribution < 1.29 is 0 Å². The highest BCUT2D eigenvalue weighted by molar-refractivity contribution is 7.81. The van der Waals surface area contributed by atoms with Gasteiger partial charge in [0.25, 0.3) is 0 Å². The van der Waals surface area contributed by atoms with E-state index >= 15 is 0 Å². The molecule has 0 bridgehead atoms. The second kappa shape index (κ2) is 5.38. The number of aryl methyl sites for hydroxylation is 1. The van der Waals surface area contributed by atoms with Gasteiger partial charge in [-0.1, -0.05) is 49.5 Å². The fourth-order valence-corrected chi connectivity index (χ4v) is 2.96. The maximum atomic E-state index is 5.70. The molecule has 2 rings (SSSR count). The molecular weight excluding hydrogens is 248 g/mol. The van der Waals surface area contributed by atoms with Crippen molar-refractivity contribution in [2.45, 2.75) is 19.8 Å². The minimum atomic E-state index is 0.457. The van der Waals surface area contributed by atoms with Crippen molar-refractivity contribution >= 4 is 28.5 Å². The van der Waals surface area contributed by atoms with Gasteiger partial charge < -0.3 is 5.73 Å². The summed E-state index contributed by atoms with van der Waals surface area (Å²) in [7, 11) is 0. The van der Waals surface area contributed by atoms with Gasteiger partial charge in [0.05, 0.1) is 15.6 Å². The molecule has 0 spiro atoms. The molecule has 0 unspecified atom stereocenters. The average molecular weight is 262 g/mol. The van der Waals surface area contributed by atoms with Crippen LogP contribution in [0.1, 0.15) is 28.1 Å². The lowest BCUT2D eigenvalue weighted by atomic mass is 10.2. The zero-order chi connectivity index (χ0) is 12.3. The molecule has 0 aliphatic carbocycles. The lowest BCUT2D eigenvalue weighted by Gasteiger charge is -1.95. The Morgan fingerprint density at radius 1 is 1.35 bits per heavy atom. The van der Waals surface area contributed by atoms with Crippen molar-refractivity contribution in [2.24, 2.45) is 5.73 Å². The summed E-state index contributed by atoms with van der Waals surface area (Å²) < 4.78 is 0. The van der Waals surface area contributed by atoms with Crippen molar-refractivity contribution in [3.8, 4) is 0 Å². The first-order valence-corrected chi connectivity index (χ1v) is 6.75. The predicted molar refractivity (Wildman–Crippen MR) is 76.6 cm³/mol. The molecule has 0 aliphatic heterocycles. The molecule has 0 amide bonds. The summed E-state index contributed by atoms with van der Waals surface area (Å²) in [5.41, 5.74) is 7.98. The standard InChI is InChI=1S/C13H14N2S2/c1-2-10-12(13(14)16)17-11(15-10)8-9-6-4-3-5-7-9/h3-7H,2,8H2,1H3,(H2,14,16). The summed E-state index contributed by atoms with van der Waals surface area (Å²) in [4.78, 5) is 6.02. The Labute approximate surface area is 111 Å². The Kier molecular flexibility index (Phi) is 3.86. The molecule has 1 aromatic carbocycles. The summed E-state index contributed by atoms with van der Waals surface area (Å²) >= 11 is 6.65. The molecule has 2 nitrogen and oxygen atoms in total. The van der Waals surface area contributed by atoms with E-state index < -0.39 is 0 Å². The molecule has 0 radical (unpaired) electrons. The minimum Gasteiger partial charge on any atom is -0.389 e. The van der Waals surface area contributed by atoms with Crippen LogP contribution in [0.5, 0.6) is 0 Å². The third-order valence-electron chi connectivity index (χ3n) is 2.50. The van der Waals surface area contributed by atoms with Crippen LogP contribution in [-0.2, 0) is 12.8 Å². The molecule has 88 valence electrons. The van der Waals surface area contributed by atoms with Crippen LogP contribution in [0.15, 0.2) is 30.3 Å². The zero-order valence-corrected chi connectivity index (χ0v) is 11.3. The first kappa shape index (κ1) is 12.2. The highest BCUT2D eigenvalue weighted by Crippen LogP contribution is 2.21. The van der Waals surface area contributed by atoms with Gasteiger partial charge in [0.1, 0.15) is 4.99 Å². The van der Waals surface area contributed by atoms with Crippen molar-refractivity contribution in [1.82, 2.24) is 4.98 Å². The lowest BCUT2D eigenvalue weighted by Crippen LogP contribution is -2.09. The third-order valence-corrected chi connectivity index (χ3v) is 3.96. The molecule has 0 saturated heterocycles. The zero-order valence-electron chi connectivity index (χ0n) is 9.64. The van der Waals surface area contributed by atoms with Crippen LogP contribution in [0.2, 0.25) is 0 Å². The van der Waals surface area contributed by atoms with Crippen LogP contribution in [0.3, 0.4) is 0 Å². The fourth-order valence-electron chi connectivity index (χ4n) is 1.68. The largest absolute Gasteiger partial charge is 0.389 e. The second-order valence-electron chi connectivity index (χ2n) is 3.76. The van der Waals surface area contributed by atoms with Crippen LogP contribution in [-0.4, -0.2) is 9.97 Å². The van der Waals surface area contributed by atoms with E-state index in [0.717, 1.165) is 28.4 Å². The van der Waals surface area contributed by atoms with Gasteiger partial charge in [-0.2, -0.15) is 0 Å². The van der Waals surface area contributed by atoms with Gasteiger partial charge in [-0.05, 0) is 12.0 Å². The topological polar surface area (TPSA) is 38.9 Å². The number of benzene rings is 1. The lowest BCUT2D eigenvalue weighted by molar-refractivity contribution is 1.01. The Hall–Kier alpha value is -1.26. The molecule has 4 heteroatoms. The molecule has 2 aromatic rings. The average Bonchev–Trinajstić information content (AvgIpc) is 2.73. The van der Waals surface area contributed by atoms with E-state index in [1.807, 2.05) is 18.2 Å². The van der Waals surface area contributed by atoms with E-state index in [0.29, 0.717) is 4.99 Å². The van der Waals surface area contributed by atoms with Gasteiger partial charge in [0, 0.05) is 6.42 Å². The number of nitrogens with zero attached hydrogens (tertiary/aromatic N) is 1. The molecule has 1 aromatic heterocycles. The van der Waals surface area contributed by atoms with Crippen LogP contribution in [0.25, 0.3) is 0 Å². The van der Waals surface area contributed by atoms with E-state index in [-0.39, 0.29) is 0 Å². The number of rotatable bonds is 4. The number of hydrogen-bond acceptors (Lipinski definition) is 3. The summed E-state index contributed by atoms with van der Waals surface area (Å²) in [6, 6.07) is 10.3. The Bertz CT molecular complexity index is 517. The minimum absolute atomic E-state index is 0.457. The fraction of sp³-hybridized carbons (Fsp3) is 0.231. The van der Waals surface area contributed by atoms with Crippen molar-refractivity contribution in [1.29, 1.82) is 0 Å². The molecule has 1 heterocycles. The van der Waals surface area contributed by atoms with Gasteiger partial charge in [0.15, 0.2) is 0 Å². The van der Waals surface area contributed by atoms with Gasteiger partial charge in [-0.25, -0.2) is 4.98 Å². The maximum Gasteiger partial charge on any atom is 0.116 e. The Morgan fingerprint density at radius 2 is 2.06 bits per heavy atom. The highest BCUT2D eigenvalue weighted by Gasteiger charge is 2.11. The van der Waals surface area contributed by atoms with Crippen molar-refractivity contribution in [2.75, 3.05) is 0 Å². The molecule has 17 heavy (non-hydrogen) atoms. The van der Waals surface area contributed by atoms with Crippen LogP contribution < -0.4 is 5.73 Å². The van der Waals surface area contributed by atoms with E-state index in [2.05, 4.69) is 24.0 Å². The molecule has 2 N–H and O–H groups in total. The quantitative estimate of drug-likeness (QED) is 0.861. The second-order valence-corrected chi connectivity index (χ2v) is 5.29. The van der Waals surface area contributed by atoms with E-state index in [4.69, 9.17) is 18.0 Å². The van der Waals surface area contributed by atoms with E-state index in [9.17, 15) is 0 Å². The third kappa shape index (κ3) is 2.90. The van der Waals surface area contributed by atoms with Gasteiger partial charge in [0.2, 0.25) is 0 Å². The first-order chi connectivity index (χ1) is 8.20. The van der Waals surface area contributed by atoms with Crippen LogP contribution in [0.4, 0.5) is 0 Å². The molecular formula is C13H14N2S2. The number of hydrogen-bond donors (Lipinski definition) is 1. The summed E-state index contributed by atoms with van der Waals surface area (Å²) in [6.07, 6.45) is 1.72. The van der Waals surface area contributed by atoms with Crippen molar-refractivity contribution in [3.63, 3.8) is 0 Å². The Morgan fingerprint density at radius 3 is 2.59 bits per heavy atom. The van der Waals surface area contributed by atoms with Crippen LogP contribution in [0, 0.1) is 0 Å². The van der Waals surface area contributed by atoms with E-state index in [1.54, 1.807) is 11.3 Å². The summed E-state index contributed by atoms with van der Waals surface area (Å²) in [5.74, 6) is 0. The maximum absolute atomic E-state index is 5.70. The summed E-state index contributed by atoms with van der Waals surface area (Å²) in [6.45, 7) is 2.07. The monoisotopic (exact) mass is 262 g/mol. The molecule has 0 fully saturated rings. The summed E-state index contributed by atoms with van der Waals surface area (Å²) in [5, 5.41) is 1.08. The number of nitrogens with two attached hydrogens (primary N) is 1. The van der Waals surface area contributed by atoms with Crippen molar-refractivity contribution in [3.05, 3.63) is 51.5 Å². The smallest absolute Gasteiger partial charge is 0.116 e. The number of thiazole rings is 1. The van der Waals surface area contributed by atoms with Gasteiger partial charge in [-0.15, -0.1) is 11.3 Å². The number of thiocarbonyl (C=S) groups is 1. The number of aromatic nitrogens is 1.